The molecular weight excluding hydrogens is 174 g/mol. The number of nitrogens with zero attached hydrogens (tertiary/aromatic N) is 2. The Hall–Kier alpha value is -0.990. The Morgan fingerprint density at radius 1 is 1.50 bits per heavy atom. The van der Waals surface area contributed by atoms with Gasteiger partial charge in [0.1, 0.15) is 5.82 Å². The number of hydrogen-bond acceptors (Lipinski definition) is 2. The normalized spacial score (nSPS) is 20.9. The van der Waals surface area contributed by atoms with Gasteiger partial charge in [-0.05, 0) is 32.1 Å². The number of aromatic nitrogens is 2. The monoisotopic (exact) mass is 193 g/mol. The van der Waals surface area contributed by atoms with Crippen LogP contribution in [0.3, 0.4) is 0 Å². The van der Waals surface area contributed by atoms with Gasteiger partial charge in [-0.25, -0.2) is 4.68 Å². The molecule has 0 amide bonds. The van der Waals surface area contributed by atoms with E-state index < -0.39 is 0 Å². The standard InChI is InChI=1S/C11H19N3/c1-3-8-5-6-10-9(7-8)11(12)14(4-2)13-10/h8H,3-7,12H2,1-2H3. The Morgan fingerprint density at radius 2 is 2.29 bits per heavy atom. The molecule has 0 saturated heterocycles. The van der Waals surface area contributed by atoms with Gasteiger partial charge in [-0.15, -0.1) is 0 Å². The summed E-state index contributed by atoms with van der Waals surface area (Å²) in [5.74, 6) is 1.72. The van der Waals surface area contributed by atoms with Crippen molar-refractivity contribution in [2.75, 3.05) is 5.73 Å². The molecule has 2 N–H and O–H groups in total. The van der Waals surface area contributed by atoms with Crippen molar-refractivity contribution in [1.82, 2.24) is 9.78 Å². The molecule has 78 valence electrons. The van der Waals surface area contributed by atoms with Gasteiger partial charge in [0.15, 0.2) is 0 Å². The van der Waals surface area contributed by atoms with Gasteiger partial charge in [0.05, 0.1) is 5.69 Å². The lowest BCUT2D eigenvalue weighted by molar-refractivity contribution is 0.442. The highest BCUT2D eigenvalue weighted by atomic mass is 15.3. The molecule has 0 bridgehead atoms. The van der Waals surface area contributed by atoms with Crippen molar-refractivity contribution in [3.05, 3.63) is 11.3 Å². The summed E-state index contributed by atoms with van der Waals surface area (Å²) in [6.45, 7) is 5.23. The molecule has 0 radical (unpaired) electrons. The molecule has 3 nitrogen and oxygen atoms in total. The number of aryl methyl sites for hydroxylation is 2. The number of hydrogen-bond donors (Lipinski definition) is 1. The molecule has 3 heteroatoms. The van der Waals surface area contributed by atoms with Crippen LogP contribution in [-0.4, -0.2) is 9.78 Å². The minimum absolute atomic E-state index is 0.819. The van der Waals surface area contributed by atoms with E-state index >= 15 is 0 Å². The van der Waals surface area contributed by atoms with Crippen molar-refractivity contribution >= 4 is 5.82 Å². The van der Waals surface area contributed by atoms with Gasteiger partial charge in [-0.2, -0.15) is 5.10 Å². The van der Waals surface area contributed by atoms with E-state index in [2.05, 4.69) is 18.9 Å². The molecule has 1 heterocycles. The van der Waals surface area contributed by atoms with E-state index in [9.17, 15) is 0 Å². The van der Waals surface area contributed by atoms with Crippen LogP contribution in [0.1, 0.15) is 37.9 Å². The molecule has 0 saturated carbocycles. The van der Waals surface area contributed by atoms with Gasteiger partial charge < -0.3 is 5.73 Å². The van der Waals surface area contributed by atoms with Gasteiger partial charge in [-0.1, -0.05) is 13.3 Å². The van der Waals surface area contributed by atoms with Crippen molar-refractivity contribution in [3.8, 4) is 0 Å². The average Bonchev–Trinajstić information content (AvgIpc) is 2.55. The van der Waals surface area contributed by atoms with Crippen molar-refractivity contribution in [2.24, 2.45) is 5.92 Å². The summed E-state index contributed by atoms with van der Waals surface area (Å²) in [7, 11) is 0. The molecule has 1 unspecified atom stereocenters. The molecule has 0 aromatic carbocycles. The number of rotatable bonds is 2. The third-order valence-electron chi connectivity index (χ3n) is 3.34. The van der Waals surface area contributed by atoms with Gasteiger partial charge >= 0.3 is 0 Å². The fourth-order valence-corrected chi connectivity index (χ4v) is 2.31. The third-order valence-corrected chi connectivity index (χ3v) is 3.34. The topological polar surface area (TPSA) is 43.8 Å². The van der Waals surface area contributed by atoms with Gasteiger partial charge in [-0.3, -0.25) is 0 Å². The summed E-state index contributed by atoms with van der Waals surface area (Å²) < 4.78 is 1.93. The highest BCUT2D eigenvalue weighted by molar-refractivity contribution is 5.45. The molecule has 0 aliphatic heterocycles. The van der Waals surface area contributed by atoms with Gasteiger partial charge in [0, 0.05) is 12.1 Å². The molecule has 0 spiro atoms. The van der Waals surface area contributed by atoms with Crippen molar-refractivity contribution in [2.45, 2.75) is 46.1 Å². The lowest BCUT2D eigenvalue weighted by Crippen LogP contribution is -2.13. The average molecular weight is 193 g/mol. The summed E-state index contributed by atoms with van der Waals surface area (Å²) in [4.78, 5) is 0. The van der Waals surface area contributed by atoms with Crippen molar-refractivity contribution < 1.29 is 0 Å². The first-order valence-electron chi connectivity index (χ1n) is 5.60. The van der Waals surface area contributed by atoms with E-state index in [0.717, 1.165) is 31.1 Å². The van der Waals surface area contributed by atoms with Gasteiger partial charge in [0.25, 0.3) is 0 Å². The first-order valence-corrected chi connectivity index (χ1v) is 5.60. The quantitative estimate of drug-likeness (QED) is 0.780. The molecule has 2 rings (SSSR count). The number of anilines is 1. The lowest BCUT2D eigenvalue weighted by Gasteiger charge is -2.19. The molecule has 1 aliphatic carbocycles. The van der Waals surface area contributed by atoms with Crippen molar-refractivity contribution in [3.63, 3.8) is 0 Å². The number of nitrogen functional groups attached to an aromatic ring is 1. The Labute approximate surface area is 85.3 Å². The maximum Gasteiger partial charge on any atom is 0.125 e. The Balaban J connectivity index is 2.31. The summed E-state index contributed by atoms with van der Waals surface area (Å²) in [5, 5.41) is 4.53. The first-order chi connectivity index (χ1) is 6.76. The van der Waals surface area contributed by atoms with Gasteiger partial charge in [0.2, 0.25) is 0 Å². The fourth-order valence-electron chi connectivity index (χ4n) is 2.31. The van der Waals surface area contributed by atoms with Crippen LogP contribution in [-0.2, 0) is 19.4 Å². The highest BCUT2D eigenvalue weighted by Gasteiger charge is 2.23. The zero-order valence-electron chi connectivity index (χ0n) is 9.08. The second kappa shape index (κ2) is 3.64. The molecule has 1 aromatic rings. The molecule has 1 atom stereocenters. The molecule has 1 aliphatic rings. The van der Waals surface area contributed by atoms with Crippen LogP contribution in [0.15, 0.2) is 0 Å². The second-order valence-corrected chi connectivity index (χ2v) is 4.14. The van der Waals surface area contributed by atoms with Crippen LogP contribution in [0.25, 0.3) is 0 Å². The maximum atomic E-state index is 6.05. The fraction of sp³-hybridized carbons (Fsp3) is 0.727. The number of fused-ring (bicyclic) bond motifs is 1. The Bertz CT molecular complexity index is 328. The third kappa shape index (κ3) is 1.41. The van der Waals surface area contributed by atoms with Crippen LogP contribution in [0.2, 0.25) is 0 Å². The van der Waals surface area contributed by atoms with Crippen LogP contribution in [0, 0.1) is 5.92 Å². The largest absolute Gasteiger partial charge is 0.384 e. The second-order valence-electron chi connectivity index (χ2n) is 4.14. The molecule has 0 fully saturated rings. The SMILES string of the molecule is CCC1CCc2nn(CC)c(N)c2C1. The zero-order valence-corrected chi connectivity index (χ0v) is 9.08. The summed E-state index contributed by atoms with van der Waals surface area (Å²) in [6, 6.07) is 0. The highest BCUT2D eigenvalue weighted by Crippen LogP contribution is 2.30. The minimum Gasteiger partial charge on any atom is -0.384 e. The Kier molecular flexibility index (Phi) is 2.48. The summed E-state index contributed by atoms with van der Waals surface area (Å²) in [6.07, 6.45) is 4.79. The lowest BCUT2D eigenvalue weighted by atomic mass is 9.86. The van der Waals surface area contributed by atoms with E-state index in [0.29, 0.717) is 0 Å². The van der Waals surface area contributed by atoms with E-state index in [1.165, 1.54) is 24.1 Å². The van der Waals surface area contributed by atoms with E-state index in [-0.39, 0.29) is 0 Å². The summed E-state index contributed by atoms with van der Waals surface area (Å²) in [5.41, 5.74) is 8.62. The molecule has 1 aromatic heterocycles. The predicted molar refractivity (Wildman–Crippen MR) is 58.1 cm³/mol. The van der Waals surface area contributed by atoms with Crippen molar-refractivity contribution in [1.29, 1.82) is 0 Å². The van der Waals surface area contributed by atoms with Crippen LogP contribution < -0.4 is 5.73 Å². The van der Waals surface area contributed by atoms with Crippen LogP contribution >= 0.6 is 0 Å². The Morgan fingerprint density at radius 3 is 2.93 bits per heavy atom. The zero-order chi connectivity index (χ0) is 10.1. The number of nitrogens with two attached hydrogens (primary N) is 1. The smallest absolute Gasteiger partial charge is 0.125 e. The molecule has 14 heavy (non-hydrogen) atoms. The van der Waals surface area contributed by atoms with E-state index in [1.807, 2.05) is 4.68 Å². The summed E-state index contributed by atoms with van der Waals surface area (Å²) >= 11 is 0. The predicted octanol–water partition coefficient (Wildman–Crippen LogP) is 2.00. The minimum atomic E-state index is 0.819. The molecular formula is C11H19N3. The van der Waals surface area contributed by atoms with E-state index in [1.54, 1.807) is 0 Å². The first kappa shape index (κ1) is 9.56. The van der Waals surface area contributed by atoms with Crippen LogP contribution in [0.4, 0.5) is 5.82 Å². The van der Waals surface area contributed by atoms with Crippen LogP contribution in [0.5, 0.6) is 0 Å². The maximum absolute atomic E-state index is 6.05. The van der Waals surface area contributed by atoms with E-state index in [4.69, 9.17) is 5.73 Å².